The van der Waals surface area contributed by atoms with Crippen LogP contribution in [0.5, 0.6) is 0 Å². The highest BCUT2D eigenvalue weighted by atomic mass is 16.5. The van der Waals surface area contributed by atoms with Crippen LogP contribution in [-0.4, -0.2) is 49.3 Å². The number of carbonyl (C=O) groups excluding carboxylic acids is 1. The number of hydrogen-bond donors (Lipinski definition) is 1. The van der Waals surface area contributed by atoms with Gasteiger partial charge in [-0.05, 0) is 13.5 Å². The Morgan fingerprint density at radius 2 is 2.33 bits per heavy atom. The number of rotatable bonds is 1. The summed E-state index contributed by atoms with van der Waals surface area (Å²) in [4.78, 5) is 13.1. The molecule has 0 aliphatic carbocycles. The maximum Gasteiger partial charge on any atom is 0.312 e. The van der Waals surface area contributed by atoms with Crippen LogP contribution in [0, 0.1) is 5.92 Å². The van der Waals surface area contributed by atoms with E-state index < -0.39 is 6.10 Å². The van der Waals surface area contributed by atoms with E-state index in [-0.39, 0.29) is 11.9 Å². The molecule has 0 unspecified atom stereocenters. The van der Waals surface area contributed by atoms with Gasteiger partial charge in [0.2, 0.25) is 0 Å². The van der Waals surface area contributed by atoms with Crippen molar-refractivity contribution in [2.24, 2.45) is 5.92 Å². The lowest BCUT2D eigenvalue weighted by Gasteiger charge is -2.31. The molecule has 0 bridgehead atoms. The summed E-state index contributed by atoms with van der Waals surface area (Å²) in [5, 5.41) is 9.46. The van der Waals surface area contributed by atoms with Gasteiger partial charge in [-0.2, -0.15) is 0 Å². The number of carbonyl (C=O) groups is 1. The lowest BCUT2D eigenvalue weighted by Crippen LogP contribution is -2.45. The number of nitrogens with zero attached hydrogens (tertiary/aromatic N) is 1. The van der Waals surface area contributed by atoms with Gasteiger partial charge in [-0.25, -0.2) is 0 Å². The second-order valence-electron chi connectivity index (χ2n) is 3.25. The van der Waals surface area contributed by atoms with Crippen LogP contribution in [0.25, 0.3) is 0 Å². The van der Waals surface area contributed by atoms with Crippen LogP contribution >= 0.6 is 0 Å². The van der Waals surface area contributed by atoms with Gasteiger partial charge in [0.15, 0.2) is 0 Å². The van der Waals surface area contributed by atoms with E-state index in [9.17, 15) is 9.90 Å². The first-order valence-corrected chi connectivity index (χ1v) is 4.09. The Hall–Kier alpha value is -0.610. The Balaban J connectivity index is 2.54. The number of piperidine rings is 1. The maximum atomic E-state index is 11.1. The van der Waals surface area contributed by atoms with Gasteiger partial charge in [-0.15, -0.1) is 0 Å². The molecule has 70 valence electrons. The molecule has 1 fully saturated rings. The fourth-order valence-electron chi connectivity index (χ4n) is 1.49. The second-order valence-corrected chi connectivity index (χ2v) is 3.25. The Bertz CT molecular complexity index is 172. The van der Waals surface area contributed by atoms with Crippen LogP contribution in [0.4, 0.5) is 0 Å². The minimum absolute atomic E-state index is 0.311. The predicted octanol–water partition coefficient (Wildman–Crippen LogP) is -0.528. The first-order valence-electron chi connectivity index (χ1n) is 4.09. The molecule has 2 atom stereocenters. The van der Waals surface area contributed by atoms with Crippen molar-refractivity contribution in [2.45, 2.75) is 12.5 Å². The fourth-order valence-corrected chi connectivity index (χ4v) is 1.49. The highest BCUT2D eigenvalue weighted by molar-refractivity contribution is 5.73. The fraction of sp³-hybridized carbons (Fsp3) is 0.875. The SMILES string of the molecule is COC(=O)[C@@H]1CN(C)CC[C@@H]1O. The number of aliphatic hydroxyl groups excluding tert-OH is 1. The lowest BCUT2D eigenvalue weighted by atomic mass is 9.95. The molecule has 0 spiro atoms. The predicted molar refractivity (Wildman–Crippen MR) is 43.6 cm³/mol. The van der Waals surface area contributed by atoms with Gasteiger partial charge in [-0.3, -0.25) is 4.79 Å². The molecule has 0 aromatic carbocycles. The Kier molecular flexibility index (Phi) is 3.05. The summed E-state index contributed by atoms with van der Waals surface area (Å²) < 4.78 is 4.58. The summed E-state index contributed by atoms with van der Waals surface area (Å²) in [5.74, 6) is -0.678. The van der Waals surface area contributed by atoms with Crippen LogP contribution in [0.2, 0.25) is 0 Å². The van der Waals surface area contributed by atoms with E-state index in [0.29, 0.717) is 13.0 Å². The average Bonchev–Trinajstić information content (AvgIpc) is 2.08. The van der Waals surface area contributed by atoms with Gasteiger partial charge in [0.25, 0.3) is 0 Å². The van der Waals surface area contributed by atoms with Gasteiger partial charge in [0.05, 0.1) is 19.1 Å². The molecule has 0 aromatic heterocycles. The summed E-state index contributed by atoms with van der Waals surface area (Å²) in [6, 6.07) is 0. The summed E-state index contributed by atoms with van der Waals surface area (Å²) >= 11 is 0. The monoisotopic (exact) mass is 173 g/mol. The van der Waals surface area contributed by atoms with E-state index in [4.69, 9.17) is 0 Å². The van der Waals surface area contributed by atoms with Crippen LogP contribution in [0.1, 0.15) is 6.42 Å². The highest BCUT2D eigenvalue weighted by Crippen LogP contribution is 2.16. The molecule has 4 nitrogen and oxygen atoms in total. The smallest absolute Gasteiger partial charge is 0.312 e. The summed E-state index contributed by atoms with van der Waals surface area (Å²) in [7, 11) is 3.28. The summed E-state index contributed by atoms with van der Waals surface area (Å²) in [6.45, 7) is 1.43. The van der Waals surface area contributed by atoms with Crippen molar-refractivity contribution < 1.29 is 14.6 Å². The van der Waals surface area contributed by atoms with E-state index in [1.165, 1.54) is 7.11 Å². The minimum atomic E-state index is -0.534. The third-order valence-corrected chi connectivity index (χ3v) is 2.28. The number of aliphatic hydroxyl groups is 1. The molecule has 0 radical (unpaired) electrons. The van der Waals surface area contributed by atoms with Gasteiger partial charge in [0, 0.05) is 13.1 Å². The molecule has 1 aliphatic heterocycles. The molecule has 0 aromatic rings. The van der Waals surface area contributed by atoms with Crippen molar-refractivity contribution in [1.29, 1.82) is 0 Å². The number of hydrogen-bond acceptors (Lipinski definition) is 4. The molecule has 1 N–H and O–H groups in total. The molecule has 0 saturated carbocycles. The number of esters is 1. The van der Waals surface area contributed by atoms with E-state index in [1.807, 2.05) is 11.9 Å². The molecule has 4 heteroatoms. The molecular formula is C8H15NO3. The van der Waals surface area contributed by atoms with Crippen LogP contribution < -0.4 is 0 Å². The van der Waals surface area contributed by atoms with Crippen LogP contribution in [0.3, 0.4) is 0 Å². The molecule has 0 amide bonds. The van der Waals surface area contributed by atoms with Crippen molar-refractivity contribution in [3.63, 3.8) is 0 Å². The zero-order valence-electron chi connectivity index (χ0n) is 7.49. The van der Waals surface area contributed by atoms with E-state index in [0.717, 1.165) is 6.54 Å². The molecule has 1 saturated heterocycles. The molecule has 12 heavy (non-hydrogen) atoms. The number of likely N-dealkylation sites (tertiary alicyclic amines) is 1. The zero-order valence-corrected chi connectivity index (χ0v) is 7.49. The number of ether oxygens (including phenoxy) is 1. The van der Waals surface area contributed by atoms with Crippen molar-refractivity contribution in [3.05, 3.63) is 0 Å². The van der Waals surface area contributed by atoms with Gasteiger partial charge < -0.3 is 14.7 Å². The minimum Gasteiger partial charge on any atom is -0.469 e. The van der Waals surface area contributed by atoms with E-state index in [2.05, 4.69) is 4.74 Å². The third kappa shape index (κ3) is 1.95. The molecule has 1 heterocycles. The Labute approximate surface area is 72.1 Å². The standard InChI is InChI=1S/C8H15NO3/c1-9-4-3-7(10)6(5-9)8(11)12-2/h6-7,10H,3-5H2,1-2H3/t6-,7+/m1/s1. The molecule has 1 aliphatic rings. The number of methoxy groups -OCH3 is 1. The van der Waals surface area contributed by atoms with Crippen molar-refractivity contribution >= 4 is 5.97 Å². The third-order valence-electron chi connectivity index (χ3n) is 2.28. The van der Waals surface area contributed by atoms with Crippen molar-refractivity contribution in [3.8, 4) is 0 Å². The first-order chi connectivity index (χ1) is 5.65. The highest BCUT2D eigenvalue weighted by Gasteiger charge is 2.32. The summed E-state index contributed by atoms with van der Waals surface area (Å²) in [6.07, 6.45) is 0.115. The Morgan fingerprint density at radius 1 is 1.67 bits per heavy atom. The quantitative estimate of drug-likeness (QED) is 0.542. The molecule has 1 rings (SSSR count). The van der Waals surface area contributed by atoms with Gasteiger partial charge in [0.1, 0.15) is 0 Å². The van der Waals surface area contributed by atoms with Crippen molar-refractivity contribution in [1.82, 2.24) is 4.90 Å². The summed E-state index contributed by atoms with van der Waals surface area (Å²) in [5.41, 5.74) is 0. The van der Waals surface area contributed by atoms with E-state index >= 15 is 0 Å². The van der Waals surface area contributed by atoms with Gasteiger partial charge >= 0.3 is 5.97 Å². The van der Waals surface area contributed by atoms with E-state index in [1.54, 1.807) is 0 Å². The molecular weight excluding hydrogens is 158 g/mol. The van der Waals surface area contributed by atoms with Crippen molar-refractivity contribution in [2.75, 3.05) is 27.2 Å². The van der Waals surface area contributed by atoms with Crippen LogP contribution in [0.15, 0.2) is 0 Å². The second kappa shape index (κ2) is 3.87. The maximum absolute atomic E-state index is 11.1. The van der Waals surface area contributed by atoms with Crippen LogP contribution in [-0.2, 0) is 9.53 Å². The average molecular weight is 173 g/mol. The van der Waals surface area contributed by atoms with Gasteiger partial charge in [-0.1, -0.05) is 0 Å². The Morgan fingerprint density at radius 3 is 2.92 bits per heavy atom. The normalized spacial score (nSPS) is 31.6. The lowest BCUT2D eigenvalue weighted by molar-refractivity contribution is -0.152. The zero-order chi connectivity index (χ0) is 9.14. The topological polar surface area (TPSA) is 49.8 Å². The first kappa shape index (κ1) is 9.48. The largest absolute Gasteiger partial charge is 0.469 e.